The molecule has 30 heavy (non-hydrogen) atoms. The molecule has 0 saturated heterocycles. The highest BCUT2D eigenvalue weighted by Crippen LogP contribution is 2.29. The number of carbonyl (C=O) groups is 2. The fraction of sp³-hybridized carbons (Fsp3) is 0.158. The molecule has 11 heteroatoms. The molecular weight excluding hydrogens is 467 g/mol. The number of carboxylic acids is 1. The predicted octanol–water partition coefficient (Wildman–Crippen LogP) is 4.55. The highest BCUT2D eigenvalue weighted by Gasteiger charge is 2.18. The molecule has 0 spiro atoms. The van der Waals surface area contributed by atoms with Gasteiger partial charge in [0, 0.05) is 21.2 Å². The van der Waals surface area contributed by atoms with Crippen molar-refractivity contribution in [1.29, 1.82) is 0 Å². The number of hydrogen-bond acceptors (Lipinski definition) is 6. The number of carboxylic acid groups (broad SMARTS) is 1. The maximum Gasteiger partial charge on any atom is 0.313 e. The van der Waals surface area contributed by atoms with Gasteiger partial charge in [-0.05, 0) is 30.5 Å². The molecule has 0 fully saturated rings. The Hall–Kier alpha value is -2.33. The number of rotatable bonds is 8. The largest absolute Gasteiger partial charge is 0.481 e. The Bertz CT molecular complexity index is 1080. The van der Waals surface area contributed by atoms with Crippen LogP contribution in [0.25, 0.3) is 0 Å². The van der Waals surface area contributed by atoms with Crippen LogP contribution < -0.4 is 5.43 Å². The molecule has 0 saturated carbocycles. The summed E-state index contributed by atoms with van der Waals surface area (Å²) in [5, 5.41) is 21.0. The first kappa shape index (κ1) is 22.4. The van der Waals surface area contributed by atoms with Crippen LogP contribution in [-0.2, 0) is 11.3 Å². The number of benzene rings is 1. The molecule has 7 nitrogen and oxygen atoms in total. The van der Waals surface area contributed by atoms with Crippen molar-refractivity contribution in [3.05, 3.63) is 67.5 Å². The first-order chi connectivity index (χ1) is 14.4. The van der Waals surface area contributed by atoms with Crippen LogP contribution in [-0.4, -0.2) is 38.7 Å². The van der Waals surface area contributed by atoms with Gasteiger partial charge in [0.25, 0.3) is 5.91 Å². The summed E-state index contributed by atoms with van der Waals surface area (Å²) in [6, 6.07) is 8.67. The van der Waals surface area contributed by atoms with Gasteiger partial charge in [0.2, 0.25) is 0 Å². The molecule has 0 unspecified atom stereocenters. The fourth-order valence-electron chi connectivity index (χ4n) is 2.56. The number of carbonyl (C=O) groups excluding carboxylic acids is 1. The number of thiophene rings is 1. The summed E-state index contributed by atoms with van der Waals surface area (Å²) in [4.78, 5) is 23.7. The van der Waals surface area contributed by atoms with E-state index in [2.05, 4.69) is 15.6 Å². The summed E-state index contributed by atoms with van der Waals surface area (Å²) in [5.74, 6) is -1.45. The van der Waals surface area contributed by atoms with Crippen LogP contribution in [0.3, 0.4) is 0 Å². The molecule has 0 atom stereocenters. The zero-order chi connectivity index (χ0) is 21.7. The highest BCUT2D eigenvalue weighted by atomic mass is 35.5. The number of amides is 1. The molecule has 2 N–H and O–H groups in total. The van der Waals surface area contributed by atoms with Gasteiger partial charge in [-0.15, -0.1) is 11.3 Å². The van der Waals surface area contributed by atoms with Gasteiger partial charge < -0.3 is 5.11 Å². The number of aromatic nitrogens is 2. The van der Waals surface area contributed by atoms with Crippen molar-refractivity contribution in [2.45, 2.75) is 18.5 Å². The van der Waals surface area contributed by atoms with Crippen molar-refractivity contribution in [1.82, 2.24) is 15.2 Å². The minimum absolute atomic E-state index is 0.163. The van der Waals surface area contributed by atoms with Crippen LogP contribution in [0.1, 0.15) is 26.5 Å². The second-order valence-electron chi connectivity index (χ2n) is 6.02. The van der Waals surface area contributed by atoms with Gasteiger partial charge >= 0.3 is 5.97 Å². The van der Waals surface area contributed by atoms with Crippen molar-refractivity contribution in [2.24, 2.45) is 5.10 Å². The standard InChI is InChI=1S/C19H16Cl2N4O3S2/c1-11-12(8-22-23-18(28)16-6-3-7-29-16)19(30-10-17(26)27)25(24-11)9-13-14(20)4-2-5-15(13)21/h2-8H,9-10H2,1H3,(H,23,28)(H,26,27). The lowest BCUT2D eigenvalue weighted by molar-refractivity contribution is -0.133. The van der Waals surface area contributed by atoms with E-state index in [1.54, 1.807) is 47.3 Å². The van der Waals surface area contributed by atoms with Gasteiger partial charge in [-0.3, -0.25) is 14.3 Å². The molecule has 1 amide bonds. The number of thioether (sulfide) groups is 1. The van der Waals surface area contributed by atoms with E-state index in [-0.39, 0.29) is 18.2 Å². The molecule has 3 rings (SSSR count). The van der Waals surface area contributed by atoms with Crippen molar-refractivity contribution in [3.8, 4) is 0 Å². The molecule has 0 aliphatic carbocycles. The minimum Gasteiger partial charge on any atom is -0.481 e. The Kier molecular flexibility index (Phi) is 7.54. The Morgan fingerprint density at radius 2 is 2.03 bits per heavy atom. The monoisotopic (exact) mass is 482 g/mol. The van der Waals surface area contributed by atoms with Gasteiger partial charge in [-0.2, -0.15) is 10.2 Å². The summed E-state index contributed by atoms with van der Waals surface area (Å²) in [5.41, 5.74) is 4.37. The molecule has 0 aliphatic rings. The average Bonchev–Trinajstić information content (AvgIpc) is 3.32. The van der Waals surface area contributed by atoms with Crippen LogP contribution in [0, 0.1) is 6.92 Å². The number of aryl methyl sites for hydroxylation is 1. The number of aliphatic carboxylic acids is 1. The topological polar surface area (TPSA) is 96.6 Å². The third kappa shape index (κ3) is 5.42. The molecular formula is C19H16Cl2N4O3S2. The van der Waals surface area contributed by atoms with E-state index in [0.29, 0.717) is 36.8 Å². The average molecular weight is 483 g/mol. The zero-order valence-electron chi connectivity index (χ0n) is 15.6. The quantitative estimate of drug-likeness (QED) is 0.279. The zero-order valence-corrected chi connectivity index (χ0v) is 18.8. The Labute approximate surface area is 190 Å². The number of hydrogen-bond donors (Lipinski definition) is 2. The van der Waals surface area contributed by atoms with E-state index < -0.39 is 5.97 Å². The Morgan fingerprint density at radius 3 is 2.67 bits per heavy atom. The molecule has 3 aromatic rings. The number of halogens is 2. The maximum atomic E-state index is 12.1. The normalized spacial score (nSPS) is 11.2. The minimum atomic E-state index is -0.963. The summed E-state index contributed by atoms with van der Waals surface area (Å²) < 4.78 is 1.64. The van der Waals surface area contributed by atoms with Gasteiger partial charge in [0.05, 0.1) is 29.1 Å². The fourth-order valence-corrected chi connectivity index (χ4v) is 4.56. The predicted molar refractivity (Wildman–Crippen MR) is 120 cm³/mol. The van der Waals surface area contributed by atoms with Crippen LogP contribution in [0.5, 0.6) is 0 Å². The van der Waals surface area contributed by atoms with Gasteiger partial charge in [-0.1, -0.05) is 47.1 Å². The Balaban J connectivity index is 1.89. The van der Waals surface area contributed by atoms with Crippen molar-refractivity contribution in [3.63, 3.8) is 0 Å². The summed E-state index contributed by atoms with van der Waals surface area (Å²) in [7, 11) is 0. The molecule has 0 bridgehead atoms. The highest BCUT2D eigenvalue weighted by molar-refractivity contribution is 8.00. The maximum absolute atomic E-state index is 12.1. The molecule has 0 aliphatic heterocycles. The van der Waals surface area contributed by atoms with E-state index in [9.17, 15) is 9.59 Å². The number of nitrogens with one attached hydrogen (secondary N) is 1. The molecule has 2 heterocycles. The van der Waals surface area contributed by atoms with Gasteiger partial charge in [0.1, 0.15) is 5.03 Å². The van der Waals surface area contributed by atoms with Crippen molar-refractivity contribution < 1.29 is 14.7 Å². The first-order valence-corrected chi connectivity index (χ1v) is 11.2. The van der Waals surface area contributed by atoms with Crippen LogP contribution in [0.4, 0.5) is 0 Å². The smallest absolute Gasteiger partial charge is 0.313 e. The second kappa shape index (κ2) is 10.1. The van der Waals surface area contributed by atoms with Gasteiger partial charge in [-0.25, -0.2) is 5.43 Å². The molecule has 1 aromatic carbocycles. The lowest BCUT2D eigenvalue weighted by atomic mass is 10.2. The molecule has 156 valence electrons. The number of hydrazone groups is 1. The SMILES string of the molecule is Cc1nn(Cc2c(Cl)cccc2Cl)c(SCC(=O)O)c1C=NNC(=O)c1cccs1. The van der Waals surface area contributed by atoms with Crippen molar-refractivity contribution >= 4 is 64.4 Å². The lowest BCUT2D eigenvalue weighted by Gasteiger charge is -2.10. The van der Waals surface area contributed by atoms with E-state index in [1.807, 2.05) is 0 Å². The van der Waals surface area contributed by atoms with E-state index in [0.717, 1.165) is 11.8 Å². The van der Waals surface area contributed by atoms with E-state index in [4.69, 9.17) is 28.3 Å². The molecule has 2 aromatic heterocycles. The summed E-state index contributed by atoms with van der Waals surface area (Å²) in [6.45, 7) is 2.04. The molecule has 0 radical (unpaired) electrons. The Morgan fingerprint density at radius 1 is 1.30 bits per heavy atom. The van der Waals surface area contributed by atoms with Crippen LogP contribution in [0.2, 0.25) is 10.0 Å². The lowest BCUT2D eigenvalue weighted by Crippen LogP contribution is -2.16. The second-order valence-corrected chi connectivity index (χ2v) is 8.75. The summed E-state index contributed by atoms with van der Waals surface area (Å²) in [6.07, 6.45) is 1.46. The van der Waals surface area contributed by atoms with E-state index >= 15 is 0 Å². The van der Waals surface area contributed by atoms with Crippen LogP contribution in [0.15, 0.2) is 45.8 Å². The third-order valence-corrected chi connectivity index (χ3v) is 6.60. The number of nitrogens with zero attached hydrogens (tertiary/aromatic N) is 3. The third-order valence-electron chi connectivity index (χ3n) is 3.93. The van der Waals surface area contributed by atoms with Crippen LogP contribution >= 0.6 is 46.3 Å². The van der Waals surface area contributed by atoms with Gasteiger partial charge in [0.15, 0.2) is 0 Å². The van der Waals surface area contributed by atoms with Crippen molar-refractivity contribution in [2.75, 3.05) is 5.75 Å². The van der Waals surface area contributed by atoms with E-state index in [1.165, 1.54) is 17.6 Å². The first-order valence-electron chi connectivity index (χ1n) is 8.58. The summed E-state index contributed by atoms with van der Waals surface area (Å²) >= 11 is 15.0.